The summed E-state index contributed by atoms with van der Waals surface area (Å²) in [5, 5.41) is 8.84. The lowest BCUT2D eigenvalue weighted by atomic mass is 9.50. The van der Waals surface area contributed by atoms with Gasteiger partial charge in [0, 0.05) is 6.42 Å². The topological polar surface area (TPSA) is 63.6 Å². The third-order valence-corrected chi connectivity index (χ3v) is 10.8. The summed E-state index contributed by atoms with van der Waals surface area (Å²) in [4.78, 5) is 22.9. The van der Waals surface area contributed by atoms with Crippen molar-refractivity contribution in [2.24, 2.45) is 46.3 Å². The second kappa shape index (κ2) is 10.5. The van der Waals surface area contributed by atoms with Crippen molar-refractivity contribution < 1.29 is 19.4 Å². The Morgan fingerprint density at radius 3 is 2.44 bits per heavy atom. The van der Waals surface area contributed by atoms with E-state index in [9.17, 15) is 9.59 Å². The Morgan fingerprint density at radius 1 is 1.00 bits per heavy atom. The van der Waals surface area contributed by atoms with Gasteiger partial charge in [0.15, 0.2) is 0 Å². The van der Waals surface area contributed by atoms with E-state index in [1.54, 1.807) is 5.57 Å². The molecule has 4 aliphatic rings. The molecule has 36 heavy (non-hydrogen) atoms. The van der Waals surface area contributed by atoms with Crippen molar-refractivity contribution in [3.63, 3.8) is 0 Å². The molecule has 0 spiro atoms. The Balaban J connectivity index is 1.47. The Labute approximate surface area is 218 Å². The molecule has 0 aromatic heterocycles. The van der Waals surface area contributed by atoms with Gasteiger partial charge in [-0.1, -0.05) is 77.0 Å². The molecular formula is C32H48O4. The molecule has 0 bridgehead atoms. The second-order valence-corrected chi connectivity index (χ2v) is 13.2. The van der Waals surface area contributed by atoms with Crippen molar-refractivity contribution in [1.29, 1.82) is 0 Å². The summed E-state index contributed by atoms with van der Waals surface area (Å²) in [6.45, 7) is 14.4. The van der Waals surface area contributed by atoms with Gasteiger partial charge in [0.2, 0.25) is 0 Å². The molecule has 0 amide bonds. The van der Waals surface area contributed by atoms with Crippen LogP contribution in [0, 0.1) is 46.3 Å². The van der Waals surface area contributed by atoms with Crippen LogP contribution in [0.1, 0.15) is 99.3 Å². The number of carboxylic acids is 1. The molecule has 0 aromatic carbocycles. The van der Waals surface area contributed by atoms with E-state index in [4.69, 9.17) is 9.84 Å². The first-order valence-electron chi connectivity index (χ1n) is 14.5. The summed E-state index contributed by atoms with van der Waals surface area (Å²) in [6.07, 6.45) is 17.4. The Hall–Kier alpha value is -1.84. The third kappa shape index (κ3) is 5.11. The number of carbonyl (C=O) groups is 2. The van der Waals surface area contributed by atoms with Crippen molar-refractivity contribution in [2.75, 3.05) is 0 Å². The van der Waals surface area contributed by atoms with Gasteiger partial charge >= 0.3 is 11.9 Å². The van der Waals surface area contributed by atoms with Gasteiger partial charge in [-0.15, -0.1) is 0 Å². The van der Waals surface area contributed by atoms with E-state index in [1.807, 2.05) is 0 Å². The average molecular weight is 497 g/mol. The summed E-state index contributed by atoms with van der Waals surface area (Å²) in [5.74, 6) is 2.64. The molecule has 0 unspecified atom stereocenters. The first kappa shape index (κ1) is 27.2. The van der Waals surface area contributed by atoms with Crippen LogP contribution in [0.5, 0.6) is 0 Å². The molecule has 0 radical (unpaired) electrons. The van der Waals surface area contributed by atoms with Gasteiger partial charge in [-0.3, -0.25) is 9.59 Å². The van der Waals surface area contributed by atoms with Crippen molar-refractivity contribution in [2.45, 2.75) is 105 Å². The lowest BCUT2D eigenvalue weighted by Crippen LogP contribution is -2.46. The summed E-state index contributed by atoms with van der Waals surface area (Å²) in [7, 11) is 0. The maximum absolute atomic E-state index is 12.1. The molecule has 3 fully saturated rings. The van der Waals surface area contributed by atoms with Crippen molar-refractivity contribution in [1.82, 2.24) is 0 Å². The number of rotatable bonds is 8. The molecule has 4 rings (SSSR count). The van der Waals surface area contributed by atoms with Crippen LogP contribution in [0.25, 0.3) is 0 Å². The summed E-state index contributed by atoms with van der Waals surface area (Å²) >= 11 is 0. The van der Waals surface area contributed by atoms with E-state index >= 15 is 0 Å². The Morgan fingerprint density at radius 2 is 1.75 bits per heavy atom. The van der Waals surface area contributed by atoms with Crippen LogP contribution in [0.15, 0.2) is 35.5 Å². The van der Waals surface area contributed by atoms with Crippen LogP contribution in [-0.4, -0.2) is 23.1 Å². The monoisotopic (exact) mass is 496 g/mol. The first-order chi connectivity index (χ1) is 17.0. The maximum Gasteiger partial charge on any atom is 0.306 e. The van der Waals surface area contributed by atoms with Crippen LogP contribution in [0.2, 0.25) is 0 Å². The van der Waals surface area contributed by atoms with Gasteiger partial charge in [-0.05, 0) is 84.9 Å². The summed E-state index contributed by atoms with van der Waals surface area (Å²) in [5.41, 5.74) is 3.66. The van der Waals surface area contributed by atoms with Crippen molar-refractivity contribution in [3.05, 3.63) is 35.5 Å². The number of hydrogen-bond donors (Lipinski definition) is 1. The molecule has 3 saturated carbocycles. The largest absolute Gasteiger partial charge is 0.481 e. The van der Waals surface area contributed by atoms with Crippen LogP contribution in [0.3, 0.4) is 0 Å². The Bertz CT molecular complexity index is 942. The molecule has 8 atom stereocenters. The summed E-state index contributed by atoms with van der Waals surface area (Å²) in [6, 6.07) is 0. The van der Waals surface area contributed by atoms with E-state index in [1.165, 1.54) is 31.3 Å². The van der Waals surface area contributed by atoms with Crippen LogP contribution in [-0.2, 0) is 14.3 Å². The zero-order valence-electron chi connectivity index (χ0n) is 23.4. The molecule has 0 heterocycles. The fourth-order valence-electron chi connectivity index (χ4n) is 8.13. The quantitative estimate of drug-likeness (QED) is 0.276. The van der Waals surface area contributed by atoms with Crippen molar-refractivity contribution >= 4 is 11.9 Å². The SMILES string of the molecule is CC(C)[C@H](C)/C=C\[C@H](C)[C@@H]1CC[C@@H]2C3=CC=C4C[C@H](OC(=O)CCC(=O)O)CC[C@]4(C)[C@@H]3CC[C@]21C. The lowest BCUT2D eigenvalue weighted by Gasteiger charge is -2.55. The minimum absolute atomic E-state index is 0.0414. The average Bonchev–Trinajstić information content (AvgIpc) is 3.18. The highest BCUT2D eigenvalue weighted by Crippen LogP contribution is 2.66. The van der Waals surface area contributed by atoms with Crippen LogP contribution >= 0.6 is 0 Å². The standard InChI is InChI=1S/C32H48O4/c1-20(2)21(3)7-8-22(4)26-11-12-27-25-10-9-23-19-24(36-30(35)14-13-29(33)34)15-17-31(23,5)28(25)16-18-32(26,27)6/h7-10,20-22,24,26-28H,11-19H2,1-6H3,(H,33,34)/b8-7-/t21-,22+,24-,26+,27-,28-,31+,32+/m1/s1. The fraction of sp³-hybridized carbons (Fsp3) is 0.750. The number of ether oxygens (including phenoxy) is 1. The number of esters is 1. The van der Waals surface area contributed by atoms with Gasteiger partial charge in [-0.25, -0.2) is 0 Å². The predicted molar refractivity (Wildman–Crippen MR) is 144 cm³/mol. The number of allylic oxidation sites excluding steroid dienone is 5. The maximum atomic E-state index is 12.1. The second-order valence-electron chi connectivity index (χ2n) is 13.2. The van der Waals surface area contributed by atoms with Gasteiger partial charge in [-0.2, -0.15) is 0 Å². The highest BCUT2D eigenvalue weighted by Gasteiger charge is 2.57. The van der Waals surface area contributed by atoms with E-state index in [-0.39, 0.29) is 30.3 Å². The number of aliphatic carboxylic acids is 1. The van der Waals surface area contributed by atoms with E-state index in [2.05, 4.69) is 65.8 Å². The van der Waals surface area contributed by atoms with E-state index < -0.39 is 5.97 Å². The highest BCUT2D eigenvalue weighted by molar-refractivity contribution is 5.76. The molecule has 4 heteroatoms. The first-order valence-corrected chi connectivity index (χ1v) is 14.5. The van der Waals surface area contributed by atoms with Gasteiger partial charge in [0.05, 0.1) is 12.8 Å². The zero-order chi connectivity index (χ0) is 26.3. The number of carboxylic acid groups (broad SMARTS) is 1. The minimum Gasteiger partial charge on any atom is -0.481 e. The zero-order valence-corrected chi connectivity index (χ0v) is 23.4. The van der Waals surface area contributed by atoms with Crippen LogP contribution in [0.4, 0.5) is 0 Å². The fourth-order valence-corrected chi connectivity index (χ4v) is 8.13. The highest BCUT2D eigenvalue weighted by atomic mass is 16.5. The molecule has 4 aliphatic carbocycles. The molecule has 0 aliphatic heterocycles. The van der Waals surface area contributed by atoms with E-state index in [0.29, 0.717) is 35.0 Å². The normalized spacial score (nSPS) is 37.4. The number of fused-ring (bicyclic) bond motifs is 5. The van der Waals surface area contributed by atoms with Gasteiger partial charge < -0.3 is 9.84 Å². The molecule has 0 saturated heterocycles. The molecule has 1 N–H and O–H groups in total. The van der Waals surface area contributed by atoms with E-state index in [0.717, 1.165) is 25.2 Å². The molecule has 200 valence electrons. The molecular weight excluding hydrogens is 448 g/mol. The van der Waals surface area contributed by atoms with Crippen molar-refractivity contribution in [3.8, 4) is 0 Å². The van der Waals surface area contributed by atoms with Gasteiger partial charge in [0.1, 0.15) is 6.10 Å². The minimum atomic E-state index is -0.954. The predicted octanol–water partition coefficient (Wildman–Crippen LogP) is 7.75. The van der Waals surface area contributed by atoms with Gasteiger partial charge in [0.25, 0.3) is 0 Å². The smallest absolute Gasteiger partial charge is 0.306 e. The Kier molecular flexibility index (Phi) is 7.93. The summed E-state index contributed by atoms with van der Waals surface area (Å²) < 4.78 is 5.68. The lowest BCUT2D eigenvalue weighted by molar-refractivity contribution is -0.153. The molecule has 0 aromatic rings. The van der Waals surface area contributed by atoms with Crippen LogP contribution < -0.4 is 0 Å². The number of carbonyl (C=O) groups excluding carboxylic acids is 1. The number of hydrogen-bond acceptors (Lipinski definition) is 3. The third-order valence-electron chi connectivity index (χ3n) is 10.8. The molecule has 4 nitrogen and oxygen atoms in total.